The normalized spacial score (nSPS) is 12.4. The molecular formula is C17H30IN3OS. The number of halogens is 1. The van der Waals surface area contributed by atoms with Crippen LogP contribution in [-0.2, 0) is 4.74 Å². The molecule has 0 aliphatic heterocycles. The Morgan fingerprint density at radius 3 is 2.61 bits per heavy atom. The van der Waals surface area contributed by atoms with E-state index in [0.29, 0.717) is 5.25 Å². The number of nitrogens with zero attached hydrogens (tertiary/aromatic N) is 1. The minimum absolute atomic E-state index is 0. The van der Waals surface area contributed by atoms with Crippen molar-refractivity contribution in [2.24, 2.45) is 4.99 Å². The quantitative estimate of drug-likeness (QED) is 0.187. The molecule has 1 aromatic rings. The van der Waals surface area contributed by atoms with E-state index in [4.69, 9.17) is 4.74 Å². The average Bonchev–Trinajstić information content (AvgIpc) is 2.53. The van der Waals surface area contributed by atoms with E-state index in [1.54, 1.807) is 0 Å². The first-order valence-corrected chi connectivity index (χ1v) is 8.95. The van der Waals surface area contributed by atoms with Crippen LogP contribution in [0.25, 0.3) is 0 Å². The second-order valence-electron chi connectivity index (χ2n) is 4.94. The molecule has 0 bridgehead atoms. The highest BCUT2D eigenvalue weighted by Crippen LogP contribution is 2.22. The van der Waals surface area contributed by atoms with Crippen molar-refractivity contribution in [2.75, 3.05) is 32.8 Å². The number of thioether (sulfide) groups is 1. The average molecular weight is 451 g/mol. The van der Waals surface area contributed by atoms with Crippen LogP contribution in [0.3, 0.4) is 0 Å². The van der Waals surface area contributed by atoms with E-state index in [-0.39, 0.29) is 24.0 Å². The number of hydrogen-bond acceptors (Lipinski definition) is 3. The van der Waals surface area contributed by atoms with Gasteiger partial charge in [-0.25, -0.2) is 0 Å². The lowest BCUT2D eigenvalue weighted by Gasteiger charge is -2.13. The molecule has 0 fully saturated rings. The van der Waals surface area contributed by atoms with Crippen LogP contribution in [0, 0.1) is 0 Å². The van der Waals surface area contributed by atoms with Crippen molar-refractivity contribution >= 4 is 41.7 Å². The monoisotopic (exact) mass is 451 g/mol. The van der Waals surface area contributed by atoms with Crippen molar-refractivity contribution in [3.05, 3.63) is 30.3 Å². The van der Waals surface area contributed by atoms with Crippen LogP contribution >= 0.6 is 35.7 Å². The van der Waals surface area contributed by atoms with Gasteiger partial charge < -0.3 is 15.4 Å². The Balaban J connectivity index is 0.00000484. The third-order valence-corrected chi connectivity index (χ3v) is 3.99. The Morgan fingerprint density at radius 1 is 1.22 bits per heavy atom. The number of aliphatic imine (C=N–C) groups is 1. The van der Waals surface area contributed by atoms with E-state index >= 15 is 0 Å². The van der Waals surface area contributed by atoms with Gasteiger partial charge in [0.1, 0.15) is 0 Å². The van der Waals surface area contributed by atoms with Gasteiger partial charge in [-0.1, -0.05) is 25.1 Å². The van der Waals surface area contributed by atoms with Crippen molar-refractivity contribution in [1.29, 1.82) is 0 Å². The Hall–Kier alpha value is -0.470. The van der Waals surface area contributed by atoms with E-state index in [1.165, 1.54) is 4.90 Å². The summed E-state index contributed by atoms with van der Waals surface area (Å²) in [4.78, 5) is 5.95. The van der Waals surface area contributed by atoms with Crippen LogP contribution in [0.2, 0.25) is 0 Å². The fourth-order valence-electron chi connectivity index (χ4n) is 1.86. The summed E-state index contributed by atoms with van der Waals surface area (Å²) in [6, 6.07) is 10.5. The van der Waals surface area contributed by atoms with Crippen LogP contribution in [0.5, 0.6) is 0 Å². The Bertz CT molecular complexity index is 418. The molecule has 0 spiro atoms. The highest BCUT2D eigenvalue weighted by atomic mass is 127. The third kappa shape index (κ3) is 11.7. The van der Waals surface area contributed by atoms with E-state index in [2.05, 4.69) is 53.7 Å². The van der Waals surface area contributed by atoms with Gasteiger partial charge in [0.15, 0.2) is 5.96 Å². The van der Waals surface area contributed by atoms with Gasteiger partial charge in [0.25, 0.3) is 0 Å². The number of benzene rings is 1. The standard InChI is InChI=1S/C17H29N3OS.HI/c1-4-18-17(19-12-9-13-21-5-2)20-14-15(3)22-16-10-7-6-8-11-16;/h6-8,10-11,15H,4-5,9,12-14H2,1-3H3,(H2,18,19,20);1H. The summed E-state index contributed by atoms with van der Waals surface area (Å²) in [6.45, 7) is 10.4. The SMILES string of the molecule is CCNC(=NCC(C)Sc1ccccc1)NCCCOCC.I. The summed E-state index contributed by atoms with van der Waals surface area (Å²) in [5.41, 5.74) is 0. The zero-order chi connectivity index (χ0) is 16.0. The molecule has 0 aliphatic carbocycles. The maximum absolute atomic E-state index is 5.34. The molecule has 4 nitrogen and oxygen atoms in total. The zero-order valence-corrected chi connectivity index (χ0v) is 17.5. The van der Waals surface area contributed by atoms with Crippen LogP contribution in [0.15, 0.2) is 40.2 Å². The lowest BCUT2D eigenvalue weighted by Crippen LogP contribution is -2.38. The minimum Gasteiger partial charge on any atom is -0.382 e. The molecule has 6 heteroatoms. The van der Waals surface area contributed by atoms with Gasteiger partial charge in [-0.15, -0.1) is 35.7 Å². The van der Waals surface area contributed by atoms with Crippen molar-refractivity contribution in [1.82, 2.24) is 10.6 Å². The van der Waals surface area contributed by atoms with E-state index < -0.39 is 0 Å². The van der Waals surface area contributed by atoms with E-state index in [0.717, 1.165) is 45.2 Å². The van der Waals surface area contributed by atoms with Gasteiger partial charge in [-0.05, 0) is 32.4 Å². The first kappa shape index (κ1) is 22.5. The third-order valence-electron chi connectivity index (χ3n) is 2.89. The number of rotatable bonds is 10. The van der Waals surface area contributed by atoms with Gasteiger partial charge in [-0.3, -0.25) is 4.99 Å². The Kier molecular flexibility index (Phi) is 14.8. The molecule has 0 amide bonds. The summed E-state index contributed by atoms with van der Waals surface area (Å²) in [7, 11) is 0. The van der Waals surface area contributed by atoms with Crippen LogP contribution in [0.4, 0.5) is 0 Å². The molecule has 0 radical (unpaired) electrons. The second-order valence-corrected chi connectivity index (χ2v) is 6.45. The van der Waals surface area contributed by atoms with Crippen molar-refractivity contribution < 1.29 is 4.74 Å². The molecular weight excluding hydrogens is 421 g/mol. The van der Waals surface area contributed by atoms with Gasteiger partial charge in [0.05, 0.1) is 6.54 Å². The minimum atomic E-state index is 0. The van der Waals surface area contributed by atoms with Gasteiger partial charge in [0, 0.05) is 36.4 Å². The fraction of sp³-hybridized carbons (Fsp3) is 0.588. The summed E-state index contributed by atoms with van der Waals surface area (Å²) in [6.07, 6.45) is 0.993. The molecule has 0 aromatic heterocycles. The predicted molar refractivity (Wildman–Crippen MR) is 112 cm³/mol. The Labute approximate surface area is 162 Å². The highest BCUT2D eigenvalue weighted by molar-refractivity contribution is 14.0. The van der Waals surface area contributed by atoms with Gasteiger partial charge in [-0.2, -0.15) is 0 Å². The summed E-state index contributed by atoms with van der Waals surface area (Å²) >= 11 is 1.86. The smallest absolute Gasteiger partial charge is 0.191 e. The molecule has 1 rings (SSSR count). The van der Waals surface area contributed by atoms with Gasteiger partial charge >= 0.3 is 0 Å². The number of nitrogens with one attached hydrogen (secondary N) is 2. The Morgan fingerprint density at radius 2 is 1.96 bits per heavy atom. The maximum Gasteiger partial charge on any atom is 0.191 e. The predicted octanol–water partition coefficient (Wildman–Crippen LogP) is 3.77. The van der Waals surface area contributed by atoms with Crippen LogP contribution in [-0.4, -0.2) is 44.1 Å². The number of ether oxygens (including phenoxy) is 1. The van der Waals surface area contributed by atoms with Crippen molar-refractivity contribution in [2.45, 2.75) is 37.3 Å². The largest absolute Gasteiger partial charge is 0.382 e. The van der Waals surface area contributed by atoms with E-state index in [1.807, 2.05) is 24.8 Å². The lowest BCUT2D eigenvalue weighted by molar-refractivity contribution is 0.145. The summed E-state index contributed by atoms with van der Waals surface area (Å²) in [5, 5.41) is 7.08. The summed E-state index contributed by atoms with van der Waals surface area (Å²) < 4.78 is 5.34. The second kappa shape index (κ2) is 15.1. The lowest BCUT2D eigenvalue weighted by atomic mass is 10.4. The molecule has 132 valence electrons. The first-order chi connectivity index (χ1) is 10.8. The van der Waals surface area contributed by atoms with Gasteiger partial charge in [0.2, 0.25) is 0 Å². The highest BCUT2D eigenvalue weighted by Gasteiger charge is 2.04. The molecule has 0 saturated heterocycles. The summed E-state index contributed by atoms with van der Waals surface area (Å²) in [5.74, 6) is 0.888. The first-order valence-electron chi connectivity index (χ1n) is 8.07. The molecule has 1 aromatic carbocycles. The number of guanidine groups is 1. The van der Waals surface area contributed by atoms with Crippen molar-refractivity contribution in [3.63, 3.8) is 0 Å². The van der Waals surface area contributed by atoms with Crippen LogP contribution < -0.4 is 10.6 Å². The molecule has 0 saturated carbocycles. The number of hydrogen-bond donors (Lipinski definition) is 2. The molecule has 1 atom stereocenters. The van der Waals surface area contributed by atoms with E-state index in [9.17, 15) is 0 Å². The topological polar surface area (TPSA) is 45.7 Å². The molecule has 0 aliphatic rings. The maximum atomic E-state index is 5.34. The van der Waals surface area contributed by atoms with Crippen LogP contribution in [0.1, 0.15) is 27.2 Å². The molecule has 0 heterocycles. The molecule has 2 N–H and O–H groups in total. The molecule has 23 heavy (non-hydrogen) atoms. The van der Waals surface area contributed by atoms with Crippen molar-refractivity contribution in [3.8, 4) is 0 Å². The molecule has 1 unspecified atom stereocenters. The fourth-order valence-corrected chi connectivity index (χ4v) is 2.78. The zero-order valence-electron chi connectivity index (χ0n) is 14.4.